The van der Waals surface area contributed by atoms with Gasteiger partial charge in [-0.2, -0.15) is 12.6 Å². The molecule has 0 radical (unpaired) electrons. The van der Waals surface area contributed by atoms with Crippen molar-refractivity contribution in [2.45, 2.75) is 25.8 Å². The van der Waals surface area contributed by atoms with Gasteiger partial charge in [-0.25, -0.2) is 0 Å². The molecule has 0 saturated carbocycles. The number of carbonyl (C=O) groups is 1. The summed E-state index contributed by atoms with van der Waals surface area (Å²) in [7, 11) is 0. The van der Waals surface area contributed by atoms with Crippen LogP contribution in [0.25, 0.3) is 11.1 Å². The van der Waals surface area contributed by atoms with E-state index in [2.05, 4.69) is 17.6 Å². The van der Waals surface area contributed by atoms with Gasteiger partial charge < -0.3 is 9.53 Å². The highest BCUT2D eigenvalue weighted by Crippen LogP contribution is 2.21. The lowest BCUT2D eigenvalue weighted by molar-refractivity contribution is -0.116. The molecule has 0 N–H and O–H groups in total. The van der Waals surface area contributed by atoms with E-state index in [1.54, 1.807) is 6.20 Å². The average Bonchev–Trinajstić information content (AvgIpc) is 2.63. The van der Waals surface area contributed by atoms with Crippen LogP contribution in [-0.4, -0.2) is 40.7 Å². The topological polar surface area (TPSA) is 42.4 Å². The van der Waals surface area contributed by atoms with Crippen LogP contribution in [0.1, 0.15) is 20.3 Å². The number of benzene rings is 1. The number of aromatic nitrogens is 1. The highest BCUT2D eigenvalue weighted by Gasteiger charge is 2.24. The van der Waals surface area contributed by atoms with Crippen LogP contribution in [0.2, 0.25) is 0 Å². The third-order valence-electron chi connectivity index (χ3n) is 3.96. The highest BCUT2D eigenvalue weighted by atomic mass is 32.1. The van der Waals surface area contributed by atoms with Crippen molar-refractivity contribution in [2.75, 3.05) is 19.0 Å². The van der Waals surface area contributed by atoms with Gasteiger partial charge in [-0.3, -0.25) is 9.88 Å². The van der Waals surface area contributed by atoms with Gasteiger partial charge in [0, 0.05) is 24.8 Å². The molecule has 1 aromatic heterocycles. The van der Waals surface area contributed by atoms with Crippen molar-refractivity contribution in [3.63, 3.8) is 0 Å². The van der Waals surface area contributed by atoms with Crippen LogP contribution < -0.4 is 4.74 Å². The normalized spacial score (nSPS) is 11.5. The van der Waals surface area contributed by atoms with Crippen LogP contribution in [-0.2, 0) is 4.79 Å². The molecule has 4 nitrogen and oxygen atoms in total. The van der Waals surface area contributed by atoms with E-state index in [0.29, 0.717) is 12.5 Å². The number of rotatable bonds is 9. The Hall–Kier alpha value is -1.85. The molecule has 0 unspecified atom stereocenters. The number of nitrogens with zero attached hydrogens (tertiary/aromatic N) is 2. The largest absolute Gasteiger partial charge is 0.494 e. The van der Waals surface area contributed by atoms with E-state index in [9.17, 15) is 4.79 Å². The molecular formula is C19H24N2O2S. The molecule has 0 aliphatic heterocycles. The predicted octanol–water partition coefficient (Wildman–Crippen LogP) is 3.68. The maximum absolute atomic E-state index is 11.1. The molecule has 5 heteroatoms. The maximum Gasteiger partial charge on any atom is 0.139 e. The lowest BCUT2D eigenvalue weighted by atomic mass is 10.1. The third kappa shape index (κ3) is 5.08. The fourth-order valence-corrected chi connectivity index (χ4v) is 2.84. The molecule has 0 aliphatic carbocycles. The SMILES string of the molecule is CC(C)(C=O)N(CS)CCCOc1ccc(-c2cccnc2)cc1. The quantitative estimate of drug-likeness (QED) is 0.326. The fourth-order valence-electron chi connectivity index (χ4n) is 2.34. The van der Waals surface area contributed by atoms with Crippen LogP contribution in [0, 0.1) is 0 Å². The van der Waals surface area contributed by atoms with Crippen molar-refractivity contribution in [3.05, 3.63) is 48.8 Å². The molecule has 0 bridgehead atoms. The van der Waals surface area contributed by atoms with Gasteiger partial charge >= 0.3 is 0 Å². The van der Waals surface area contributed by atoms with Gasteiger partial charge in [0.2, 0.25) is 0 Å². The summed E-state index contributed by atoms with van der Waals surface area (Å²) in [4.78, 5) is 17.3. The second-order valence-electron chi connectivity index (χ2n) is 6.14. The molecule has 2 aromatic rings. The summed E-state index contributed by atoms with van der Waals surface area (Å²) in [5.74, 6) is 1.39. The van der Waals surface area contributed by atoms with Gasteiger partial charge in [0.05, 0.1) is 12.1 Å². The van der Waals surface area contributed by atoms with Crippen LogP contribution in [0.3, 0.4) is 0 Å². The van der Waals surface area contributed by atoms with E-state index in [4.69, 9.17) is 4.74 Å². The summed E-state index contributed by atoms with van der Waals surface area (Å²) in [6.45, 7) is 5.16. The number of hydrogen-bond acceptors (Lipinski definition) is 5. The van der Waals surface area contributed by atoms with Gasteiger partial charge in [-0.15, -0.1) is 0 Å². The summed E-state index contributed by atoms with van der Waals surface area (Å²) in [5, 5.41) is 0. The maximum atomic E-state index is 11.1. The van der Waals surface area contributed by atoms with Crippen molar-refractivity contribution in [3.8, 4) is 16.9 Å². The molecule has 24 heavy (non-hydrogen) atoms. The first-order valence-corrected chi connectivity index (χ1v) is 8.65. The lowest BCUT2D eigenvalue weighted by Crippen LogP contribution is -2.45. The molecule has 1 aromatic carbocycles. The summed E-state index contributed by atoms with van der Waals surface area (Å²) in [6, 6.07) is 11.9. The van der Waals surface area contributed by atoms with Gasteiger partial charge in [0.15, 0.2) is 0 Å². The summed E-state index contributed by atoms with van der Waals surface area (Å²) in [5.41, 5.74) is 1.71. The third-order valence-corrected chi connectivity index (χ3v) is 4.31. The highest BCUT2D eigenvalue weighted by molar-refractivity contribution is 7.80. The molecule has 2 rings (SSSR count). The molecule has 0 fully saturated rings. The second kappa shape index (κ2) is 8.85. The molecule has 0 saturated heterocycles. The Labute approximate surface area is 149 Å². The fraction of sp³-hybridized carbons (Fsp3) is 0.368. The lowest BCUT2D eigenvalue weighted by Gasteiger charge is -2.32. The molecule has 128 valence electrons. The van der Waals surface area contributed by atoms with Crippen molar-refractivity contribution in [2.24, 2.45) is 0 Å². The van der Waals surface area contributed by atoms with Crippen molar-refractivity contribution in [1.29, 1.82) is 0 Å². The van der Waals surface area contributed by atoms with Crippen molar-refractivity contribution >= 4 is 18.9 Å². The number of aldehydes is 1. The molecule has 0 aliphatic rings. The number of pyridine rings is 1. The van der Waals surface area contributed by atoms with Gasteiger partial charge in [-0.1, -0.05) is 18.2 Å². The van der Waals surface area contributed by atoms with E-state index < -0.39 is 5.54 Å². The second-order valence-corrected chi connectivity index (χ2v) is 6.43. The van der Waals surface area contributed by atoms with Crippen LogP contribution in [0.5, 0.6) is 5.75 Å². The zero-order chi connectivity index (χ0) is 17.4. The van der Waals surface area contributed by atoms with E-state index in [-0.39, 0.29) is 0 Å². The first-order chi connectivity index (χ1) is 11.6. The van der Waals surface area contributed by atoms with Crippen molar-refractivity contribution < 1.29 is 9.53 Å². The molecule has 1 heterocycles. The summed E-state index contributed by atoms with van der Waals surface area (Å²) >= 11 is 4.30. The van der Waals surface area contributed by atoms with E-state index >= 15 is 0 Å². The van der Waals surface area contributed by atoms with Gasteiger partial charge in [-0.05, 0) is 49.6 Å². The van der Waals surface area contributed by atoms with Gasteiger partial charge in [0.1, 0.15) is 12.0 Å². The predicted molar refractivity (Wildman–Crippen MR) is 100 cm³/mol. The monoisotopic (exact) mass is 344 g/mol. The Morgan fingerprint density at radius 2 is 1.96 bits per heavy atom. The van der Waals surface area contributed by atoms with E-state index in [1.165, 1.54) is 0 Å². The number of hydrogen-bond donors (Lipinski definition) is 1. The number of ether oxygens (including phenoxy) is 1. The summed E-state index contributed by atoms with van der Waals surface area (Å²) in [6.07, 6.45) is 5.40. The average molecular weight is 344 g/mol. The first kappa shape index (κ1) is 18.5. The Balaban J connectivity index is 1.82. The van der Waals surface area contributed by atoms with Crippen LogP contribution in [0.4, 0.5) is 0 Å². The smallest absolute Gasteiger partial charge is 0.139 e. The number of thiol groups is 1. The Morgan fingerprint density at radius 3 is 2.54 bits per heavy atom. The van der Waals surface area contributed by atoms with E-state index in [1.807, 2.05) is 61.3 Å². The summed E-state index contributed by atoms with van der Waals surface area (Å²) < 4.78 is 5.78. The molecule has 0 atom stereocenters. The minimum Gasteiger partial charge on any atom is -0.494 e. The van der Waals surface area contributed by atoms with Crippen LogP contribution >= 0.6 is 12.6 Å². The Morgan fingerprint density at radius 1 is 1.21 bits per heavy atom. The zero-order valence-corrected chi connectivity index (χ0v) is 15.1. The van der Waals surface area contributed by atoms with E-state index in [0.717, 1.165) is 36.1 Å². The minimum atomic E-state index is -0.493. The molecule has 0 spiro atoms. The molecule has 0 amide bonds. The molecular weight excluding hydrogens is 320 g/mol. The van der Waals surface area contributed by atoms with Crippen molar-refractivity contribution in [1.82, 2.24) is 9.88 Å². The van der Waals surface area contributed by atoms with Gasteiger partial charge in [0.25, 0.3) is 0 Å². The number of carbonyl (C=O) groups excluding carboxylic acids is 1. The zero-order valence-electron chi connectivity index (χ0n) is 14.2. The standard InChI is InChI=1S/C19H24N2O2S/c1-19(2,14-22)21(15-24)11-4-12-23-18-8-6-16(7-9-18)17-5-3-10-20-13-17/h3,5-10,13-14,24H,4,11-12,15H2,1-2H3. The Bertz CT molecular complexity index is 630. The van der Waals surface area contributed by atoms with Crippen LogP contribution in [0.15, 0.2) is 48.8 Å². The minimum absolute atomic E-state index is 0.493. The Kier molecular flexibility index (Phi) is 6.82. The first-order valence-electron chi connectivity index (χ1n) is 8.02.